The van der Waals surface area contributed by atoms with Crippen LogP contribution in [0.25, 0.3) is 5.69 Å². The van der Waals surface area contributed by atoms with Crippen LogP contribution in [0.4, 0.5) is 0 Å². The molecule has 0 saturated heterocycles. The van der Waals surface area contributed by atoms with E-state index in [4.69, 9.17) is 0 Å². The first-order chi connectivity index (χ1) is 6.79. The Bertz CT molecular complexity index is 462. The standard InChI is InChI=1S/C10H9N3O/c1-8-11-7-13(12-8)10-4-2-3-9(5-10)6-14/h2-7H,1H3. The minimum Gasteiger partial charge on any atom is -0.298 e. The molecule has 0 amide bonds. The summed E-state index contributed by atoms with van der Waals surface area (Å²) in [6.45, 7) is 1.82. The molecular weight excluding hydrogens is 178 g/mol. The minimum absolute atomic E-state index is 0.635. The van der Waals surface area contributed by atoms with E-state index in [0.29, 0.717) is 11.4 Å². The van der Waals surface area contributed by atoms with Crippen LogP contribution in [-0.4, -0.2) is 21.1 Å². The quantitative estimate of drug-likeness (QED) is 0.667. The van der Waals surface area contributed by atoms with Crippen molar-refractivity contribution in [2.75, 3.05) is 0 Å². The molecule has 0 aliphatic rings. The Hall–Kier alpha value is -1.97. The molecule has 1 aromatic carbocycles. The van der Waals surface area contributed by atoms with E-state index in [1.165, 1.54) is 0 Å². The van der Waals surface area contributed by atoms with Crippen LogP contribution in [0.5, 0.6) is 0 Å². The zero-order valence-electron chi connectivity index (χ0n) is 7.71. The second-order valence-corrected chi connectivity index (χ2v) is 2.95. The summed E-state index contributed by atoms with van der Waals surface area (Å²) in [7, 11) is 0. The highest BCUT2D eigenvalue weighted by Crippen LogP contribution is 2.07. The summed E-state index contributed by atoms with van der Waals surface area (Å²) in [4.78, 5) is 14.6. The number of carbonyl (C=O) groups excluding carboxylic acids is 1. The van der Waals surface area contributed by atoms with Crippen molar-refractivity contribution in [3.63, 3.8) is 0 Å². The lowest BCUT2D eigenvalue weighted by Crippen LogP contribution is -1.95. The van der Waals surface area contributed by atoms with Crippen LogP contribution in [0.2, 0.25) is 0 Å². The van der Waals surface area contributed by atoms with Crippen molar-refractivity contribution in [1.82, 2.24) is 14.8 Å². The van der Waals surface area contributed by atoms with Gasteiger partial charge in [0.05, 0.1) is 5.69 Å². The number of rotatable bonds is 2. The van der Waals surface area contributed by atoms with Gasteiger partial charge in [-0.25, -0.2) is 9.67 Å². The fraction of sp³-hybridized carbons (Fsp3) is 0.100. The number of carbonyl (C=O) groups is 1. The van der Waals surface area contributed by atoms with Crippen molar-refractivity contribution in [1.29, 1.82) is 0 Å². The Morgan fingerprint density at radius 1 is 1.43 bits per heavy atom. The predicted octanol–water partition coefficient (Wildman–Crippen LogP) is 1.39. The number of aldehydes is 1. The number of hydrogen-bond donors (Lipinski definition) is 0. The SMILES string of the molecule is Cc1ncn(-c2cccc(C=O)c2)n1. The average Bonchev–Trinajstić information content (AvgIpc) is 2.65. The molecule has 0 spiro atoms. The van der Waals surface area contributed by atoms with Crippen LogP contribution in [0.1, 0.15) is 16.2 Å². The Morgan fingerprint density at radius 3 is 2.93 bits per heavy atom. The van der Waals surface area contributed by atoms with Crippen LogP contribution in [0.3, 0.4) is 0 Å². The van der Waals surface area contributed by atoms with Gasteiger partial charge in [0.2, 0.25) is 0 Å². The van der Waals surface area contributed by atoms with E-state index < -0.39 is 0 Å². The summed E-state index contributed by atoms with van der Waals surface area (Å²) in [6, 6.07) is 7.21. The first-order valence-electron chi connectivity index (χ1n) is 4.23. The first-order valence-corrected chi connectivity index (χ1v) is 4.23. The Morgan fingerprint density at radius 2 is 2.29 bits per heavy atom. The summed E-state index contributed by atoms with van der Waals surface area (Å²) < 4.78 is 1.64. The normalized spacial score (nSPS) is 10.1. The zero-order valence-corrected chi connectivity index (χ0v) is 7.71. The van der Waals surface area contributed by atoms with E-state index in [2.05, 4.69) is 10.1 Å². The number of hydrogen-bond acceptors (Lipinski definition) is 3. The van der Waals surface area contributed by atoms with Crippen molar-refractivity contribution in [3.8, 4) is 5.69 Å². The van der Waals surface area contributed by atoms with E-state index in [1.807, 2.05) is 19.1 Å². The lowest BCUT2D eigenvalue weighted by atomic mass is 10.2. The van der Waals surface area contributed by atoms with Gasteiger partial charge < -0.3 is 0 Å². The van der Waals surface area contributed by atoms with Crippen LogP contribution in [0.15, 0.2) is 30.6 Å². The summed E-state index contributed by atoms with van der Waals surface area (Å²) >= 11 is 0. The van der Waals surface area contributed by atoms with E-state index in [9.17, 15) is 4.79 Å². The molecule has 0 saturated carbocycles. The molecular formula is C10H9N3O. The molecule has 0 aliphatic heterocycles. The molecule has 0 atom stereocenters. The first kappa shape index (κ1) is 8.62. The highest BCUT2D eigenvalue weighted by Gasteiger charge is 1.99. The number of benzene rings is 1. The van der Waals surface area contributed by atoms with Crippen molar-refractivity contribution < 1.29 is 4.79 Å². The molecule has 2 aromatic rings. The largest absolute Gasteiger partial charge is 0.298 e. The van der Waals surface area contributed by atoms with E-state index in [0.717, 1.165) is 12.0 Å². The molecule has 0 bridgehead atoms. The summed E-state index contributed by atoms with van der Waals surface area (Å²) in [5.74, 6) is 0.710. The lowest BCUT2D eigenvalue weighted by molar-refractivity contribution is 0.112. The third-order valence-corrected chi connectivity index (χ3v) is 1.88. The van der Waals surface area contributed by atoms with Gasteiger partial charge in [0.1, 0.15) is 18.4 Å². The number of nitrogens with zero attached hydrogens (tertiary/aromatic N) is 3. The molecule has 4 heteroatoms. The molecule has 4 nitrogen and oxygen atoms in total. The van der Waals surface area contributed by atoms with Crippen LogP contribution in [0, 0.1) is 6.92 Å². The number of aromatic nitrogens is 3. The summed E-state index contributed by atoms with van der Waals surface area (Å²) in [6.07, 6.45) is 2.44. The van der Waals surface area contributed by atoms with E-state index >= 15 is 0 Å². The van der Waals surface area contributed by atoms with Crippen LogP contribution >= 0.6 is 0 Å². The summed E-state index contributed by atoms with van der Waals surface area (Å²) in [5.41, 5.74) is 1.48. The minimum atomic E-state index is 0.635. The van der Waals surface area contributed by atoms with Gasteiger partial charge in [0.15, 0.2) is 0 Å². The highest BCUT2D eigenvalue weighted by atomic mass is 16.1. The van der Waals surface area contributed by atoms with Gasteiger partial charge in [0.25, 0.3) is 0 Å². The van der Waals surface area contributed by atoms with E-state index in [-0.39, 0.29) is 0 Å². The topological polar surface area (TPSA) is 47.8 Å². The fourth-order valence-electron chi connectivity index (χ4n) is 1.21. The molecule has 14 heavy (non-hydrogen) atoms. The molecule has 1 aromatic heterocycles. The fourth-order valence-corrected chi connectivity index (χ4v) is 1.21. The molecule has 70 valence electrons. The Labute approximate surface area is 81.2 Å². The maximum Gasteiger partial charge on any atom is 0.150 e. The van der Waals surface area contributed by atoms with Gasteiger partial charge in [-0.05, 0) is 19.1 Å². The van der Waals surface area contributed by atoms with Crippen molar-refractivity contribution in [3.05, 3.63) is 42.0 Å². The van der Waals surface area contributed by atoms with Gasteiger partial charge in [-0.2, -0.15) is 5.10 Å². The van der Waals surface area contributed by atoms with Gasteiger partial charge in [-0.3, -0.25) is 4.79 Å². The average molecular weight is 187 g/mol. The molecule has 0 radical (unpaired) electrons. The van der Waals surface area contributed by atoms with Gasteiger partial charge in [-0.1, -0.05) is 12.1 Å². The molecule has 0 aliphatic carbocycles. The highest BCUT2D eigenvalue weighted by molar-refractivity contribution is 5.75. The van der Waals surface area contributed by atoms with Crippen LogP contribution in [-0.2, 0) is 0 Å². The van der Waals surface area contributed by atoms with Crippen molar-refractivity contribution >= 4 is 6.29 Å². The molecule has 0 fully saturated rings. The molecule has 0 unspecified atom stereocenters. The predicted molar refractivity (Wildman–Crippen MR) is 51.5 cm³/mol. The van der Waals surface area contributed by atoms with Crippen LogP contribution < -0.4 is 0 Å². The van der Waals surface area contributed by atoms with Crippen molar-refractivity contribution in [2.45, 2.75) is 6.92 Å². The van der Waals surface area contributed by atoms with Crippen molar-refractivity contribution in [2.24, 2.45) is 0 Å². The molecule has 1 heterocycles. The van der Waals surface area contributed by atoms with Gasteiger partial charge >= 0.3 is 0 Å². The zero-order chi connectivity index (χ0) is 9.97. The third-order valence-electron chi connectivity index (χ3n) is 1.88. The Balaban J connectivity index is 2.46. The summed E-state index contributed by atoms with van der Waals surface area (Å²) in [5, 5.41) is 4.15. The third kappa shape index (κ3) is 1.54. The monoisotopic (exact) mass is 187 g/mol. The number of aryl methyl sites for hydroxylation is 1. The lowest BCUT2D eigenvalue weighted by Gasteiger charge is -1.99. The second-order valence-electron chi connectivity index (χ2n) is 2.95. The Kier molecular flexibility index (Phi) is 2.10. The van der Waals surface area contributed by atoms with Gasteiger partial charge in [0, 0.05) is 5.56 Å². The van der Waals surface area contributed by atoms with Gasteiger partial charge in [-0.15, -0.1) is 0 Å². The maximum absolute atomic E-state index is 10.5. The molecule has 2 rings (SSSR count). The second kappa shape index (κ2) is 3.41. The van der Waals surface area contributed by atoms with E-state index in [1.54, 1.807) is 23.1 Å². The maximum atomic E-state index is 10.5. The smallest absolute Gasteiger partial charge is 0.150 e. The molecule has 0 N–H and O–H groups in total.